The molecule has 2 rings (SSSR count). The zero-order chi connectivity index (χ0) is 16.3. The molecule has 2 aromatic carbocycles. The number of carbonyl (C=O) groups excluding carboxylic acids is 1. The van der Waals surface area contributed by atoms with Crippen molar-refractivity contribution in [3.05, 3.63) is 62.7 Å². The lowest BCUT2D eigenvalue weighted by Gasteiger charge is -2.10. The average Bonchev–Trinajstić information content (AvgIpc) is 2.47. The van der Waals surface area contributed by atoms with Gasteiger partial charge in [-0.15, -0.1) is 0 Å². The number of amides is 1. The van der Waals surface area contributed by atoms with Crippen LogP contribution in [0.3, 0.4) is 0 Å². The summed E-state index contributed by atoms with van der Waals surface area (Å²) in [6, 6.07) is 9.56. The summed E-state index contributed by atoms with van der Waals surface area (Å²) in [6.45, 7) is 1.32. The summed E-state index contributed by atoms with van der Waals surface area (Å²) in [5, 5.41) is 24.1. The van der Waals surface area contributed by atoms with Gasteiger partial charge < -0.3 is 5.32 Å². The fourth-order valence-electron chi connectivity index (χ4n) is 1.95. The van der Waals surface area contributed by atoms with Crippen molar-refractivity contribution in [2.24, 2.45) is 0 Å². The molecule has 0 aliphatic rings. The van der Waals surface area contributed by atoms with Crippen LogP contribution in [0, 0.1) is 20.2 Å². The van der Waals surface area contributed by atoms with Crippen LogP contribution in [0.2, 0.25) is 0 Å². The number of nitrogens with zero attached hydrogens (tertiary/aromatic N) is 2. The smallest absolute Gasteiger partial charge is 0.270 e. The fraction of sp³-hybridized carbons (Fsp3) is 0.0714. The van der Waals surface area contributed by atoms with Gasteiger partial charge in [0.2, 0.25) is 5.91 Å². The highest BCUT2D eigenvalue weighted by Crippen LogP contribution is 2.32. The zero-order valence-corrected chi connectivity index (χ0v) is 11.5. The van der Waals surface area contributed by atoms with Crippen LogP contribution in [0.25, 0.3) is 11.1 Å². The first kappa shape index (κ1) is 15.1. The van der Waals surface area contributed by atoms with Crippen LogP contribution >= 0.6 is 0 Å². The summed E-state index contributed by atoms with van der Waals surface area (Å²) < 4.78 is 0. The lowest BCUT2D eigenvalue weighted by molar-refractivity contribution is -0.384. The highest BCUT2D eigenvalue weighted by molar-refractivity contribution is 5.94. The number of hydrogen-bond acceptors (Lipinski definition) is 5. The number of benzene rings is 2. The number of anilines is 1. The number of nitro groups is 2. The van der Waals surface area contributed by atoms with Crippen molar-refractivity contribution in [1.82, 2.24) is 0 Å². The molecule has 0 spiro atoms. The van der Waals surface area contributed by atoms with E-state index in [4.69, 9.17) is 0 Å². The van der Waals surface area contributed by atoms with E-state index in [0.29, 0.717) is 16.8 Å². The summed E-state index contributed by atoms with van der Waals surface area (Å²) in [5.74, 6) is -0.322. The standard InChI is InChI=1S/C14H11N3O5/c1-9(18)15-14-7-6-12(17(21)22)8-13(14)10-2-4-11(5-3-10)16(19)20/h2-8H,1H3,(H,15,18). The highest BCUT2D eigenvalue weighted by atomic mass is 16.6. The maximum Gasteiger partial charge on any atom is 0.270 e. The molecule has 0 atom stereocenters. The molecule has 2 aromatic rings. The van der Waals surface area contributed by atoms with Crippen molar-refractivity contribution < 1.29 is 14.6 Å². The summed E-state index contributed by atoms with van der Waals surface area (Å²) in [4.78, 5) is 31.7. The molecule has 0 saturated heterocycles. The second-order valence-electron chi connectivity index (χ2n) is 4.47. The minimum absolute atomic E-state index is 0.0877. The van der Waals surface area contributed by atoms with E-state index in [1.54, 1.807) is 0 Å². The fourth-order valence-corrected chi connectivity index (χ4v) is 1.95. The summed E-state index contributed by atoms with van der Waals surface area (Å²) in [6.07, 6.45) is 0. The summed E-state index contributed by atoms with van der Waals surface area (Å²) in [5.41, 5.74) is 1.11. The highest BCUT2D eigenvalue weighted by Gasteiger charge is 2.14. The van der Waals surface area contributed by atoms with Crippen LogP contribution in [-0.2, 0) is 4.79 Å². The quantitative estimate of drug-likeness (QED) is 0.688. The Hall–Kier alpha value is -3.29. The van der Waals surface area contributed by atoms with Crippen LogP contribution in [-0.4, -0.2) is 15.8 Å². The van der Waals surface area contributed by atoms with Crippen molar-refractivity contribution in [3.8, 4) is 11.1 Å². The van der Waals surface area contributed by atoms with Gasteiger partial charge in [-0.25, -0.2) is 0 Å². The summed E-state index contributed by atoms with van der Waals surface area (Å²) in [7, 11) is 0. The van der Waals surface area contributed by atoms with Gasteiger partial charge in [0.1, 0.15) is 0 Å². The molecule has 0 heterocycles. The monoisotopic (exact) mass is 301 g/mol. The average molecular weight is 301 g/mol. The van der Waals surface area contributed by atoms with Gasteiger partial charge in [-0.1, -0.05) is 0 Å². The maximum atomic E-state index is 11.2. The van der Waals surface area contributed by atoms with Gasteiger partial charge in [0.15, 0.2) is 0 Å². The van der Waals surface area contributed by atoms with Gasteiger partial charge in [0.05, 0.1) is 9.85 Å². The number of rotatable bonds is 4. The minimum atomic E-state index is -0.549. The third-order valence-corrected chi connectivity index (χ3v) is 2.91. The van der Waals surface area contributed by atoms with Gasteiger partial charge in [-0.2, -0.15) is 0 Å². The molecule has 0 aliphatic carbocycles. The van der Waals surface area contributed by atoms with Crippen molar-refractivity contribution >= 4 is 23.0 Å². The Morgan fingerprint density at radius 2 is 1.50 bits per heavy atom. The van der Waals surface area contributed by atoms with E-state index in [0.717, 1.165) is 0 Å². The van der Waals surface area contributed by atoms with E-state index in [2.05, 4.69) is 5.32 Å². The number of nitrogens with one attached hydrogen (secondary N) is 1. The lowest BCUT2D eigenvalue weighted by atomic mass is 10.0. The van der Waals surface area contributed by atoms with E-state index in [-0.39, 0.29) is 17.3 Å². The topological polar surface area (TPSA) is 115 Å². The predicted octanol–water partition coefficient (Wildman–Crippen LogP) is 3.13. The van der Waals surface area contributed by atoms with Gasteiger partial charge in [0.25, 0.3) is 11.4 Å². The molecule has 0 fully saturated rings. The number of nitro benzene ring substituents is 2. The Labute approximate surface area is 124 Å². The number of non-ortho nitro benzene ring substituents is 2. The van der Waals surface area contributed by atoms with Crippen LogP contribution in [0.1, 0.15) is 6.92 Å². The minimum Gasteiger partial charge on any atom is -0.326 e. The largest absolute Gasteiger partial charge is 0.326 e. The lowest BCUT2D eigenvalue weighted by Crippen LogP contribution is -2.07. The van der Waals surface area contributed by atoms with Gasteiger partial charge in [-0.3, -0.25) is 25.0 Å². The summed E-state index contributed by atoms with van der Waals surface area (Å²) >= 11 is 0. The molecule has 1 amide bonds. The molecule has 8 nitrogen and oxygen atoms in total. The molecule has 0 unspecified atom stereocenters. The Morgan fingerprint density at radius 1 is 0.955 bits per heavy atom. The third-order valence-electron chi connectivity index (χ3n) is 2.91. The van der Waals surface area contributed by atoms with Crippen molar-refractivity contribution in [1.29, 1.82) is 0 Å². The number of carbonyl (C=O) groups is 1. The van der Waals surface area contributed by atoms with E-state index in [1.165, 1.54) is 49.4 Å². The molecule has 112 valence electrons. The van der Waals surface area contributed by atoms with E-state index in [1.807, 2.05) is 0 Å². The Kier molecular flexibility index (Phi) is 4.12. The van der Waals surface area contributed by atoms with Gasteiger partial charge >= 0.3 is 0 Å². The molecule has 0 radical (unpaired) electrons. The molecule has 0 aromatic heterocycles. The maximum absolute atomic E-state index is 11.2. The van der Waals surface area contributed by atoms with Crippen LogP contribution < -0.4 is 5.32 Å². The van der Waals surface area contributed by atoms with Gasteiger partial charge in [0, 0.05) is 42.4 Å². The first-order chi connectivity index (χ1) is 10.4. The van der Waals surface area contributed by atoms with Crippen molar-refractivity contribution in [2.75, 3.05) is 5.32 Å². The second kappa shape index (κ2) is 6.00. The first-order valence-corrected chi connectivity index (χ1v) is 6.19. The van der Waals surface area contributed by atoms with Crippen molar-refractivity contribution in [3.63, 3.8) is 0 Å². The number of hydrogen-bond donors (Lipinski definition) is 1. The SMILES string of the molecule is CC(=O)Nc1ccc([N+](=O)[O-])cc1-c1ccc([N+](=O)[O-])cc1. The second-order valence-corrected chi connectivity index (χ2v) is 4.47. The molecule has 8 heteroatoms. The molecule has 1 N–H and O–H groups in total. The van der Waals surface area contributed by atoms with Crippen LogP contribution in [0.4, 0.5) is 17.1 Å². The predicted molar refractivity (Wildman–Crippen MR) is 79.5 cm³/mol. The molecule has 0 bridgehead atoms. The Morgan fingerprint density at radius 3 is 2.00 bits per heavy atom. The first-order valence-electron chi connectivity index (χ1n) is 6.19. The van der Waals surface area contributed by atoms with E-state index >= 15 is 0 Å². The molecule has 0 saturated carbocycles. The van der Waals surface area contributed by atoms with E-state index in [9.17, 15) is 25.0 Å². The van der Waals surface area contributed by atoms with Crippen LogP contribution in [0.5, 0.6) is 0 Å². The molecule has 0 aliphatic heterocycles. The van der Waals surface area contributed by atoms with Gasteiger partial charge in [-0.05, 0) is 23.8 Å². The molecular weight excluding hydrogens is 290 g/mol. The molecule has 22 heavy (non-hydrogen) atoms. The van der Waals surface area contributed by atoms with Crippen molar-refractivity contribution in [2.45, 2.75) is 6.92 Å². The van der Waals surface area contributed by atoms with E-state index < -0.39 is 9.85 Å². The Balaban J connectivity index is 2.54. The normalized spacial score (nSPS) is 10.0. The zero-order valence-electron chi connectivity index (χ0n) is 11.5. The Bertz CT molecular complexity index is 756. The third kappa shape index (κ3) is 3.23. The molecular formula is C14H11N3O5. The van der Waals surface area contributed by atoms with Crippen LogP contribution in [0.15, 0.2) is 42.5 Å².